The van der Waals surface area contributed by atoms with E-state index in [1.165, 1.54) is 0 Å². The van der Waals surface area contributed by atoms with Gasteiger partial charge in [-0.2, -0.15) is 0 Å². The van der Waals surface area contributed by atoms with Crippen molar-refractivity contribution in [3.05, 3.63) is 0 Å². The van der Waals surface area contributed by atoms with E-state index in [-0.39, 0.29) is 17.5 Å². The van der Waals surface area contributed by atoms with E-state index in [0.717, 1.165) is 12.8 Å². The number of aliphatic carboxylic acids is 1. The molecule has 1 fully saturated rings. The van der Waals surface area contributed by atoms with Crippen molar-refractivity contribution in [2.45, 2.75) is 44.7 Å². The second-order valence-electron chi connectivity index (χ2n) is 4.21. The zero-order chi connectivity index (χ0) is 12.2. The van der Waals surface area contributed by atoms with Gasteiger partial charge in [0.05, 0.1) is 5.75 Å². The Balaban J connectivity index is 2.23. The average molecular weight is 249 g/mol. The smallest absolute Gasteiger partial charge is 0.320 e. The van der Waals surface area contributed by atoms with Crippen molar-refractivity contribution < 1.29 is 18.3 Å². The number of hydrogen-bond acceptors (Lipinski definition) is 4. The van der Waals surface area contributed by atoms with Gasteiger partial charge in [0.15, 0.2) is 0 Å². The van der Waals surface area contributed by atoms with Crippen LogP contribution < -0.4 is 5.32 Å². The van der Waals surface area contributed by atoms with Crippen LogP contribution in [0.4, 0.5) is 0 Å². The van der Waals surface area contributed by atoms with E-state index in [9.17, 15) is 13.2 Å². The molecule has 2 unspecified atom stereocenters. The molecule has 0 radical (unpaired) electrons. The third kappa shape index (κ3) is 4.09. The molecule has 94 valence electrons. The van der Waals surface area contributed by atoms with Crippen molar-refractivity contribution in [1.82, 2.24) is 5.32 Å². The maximum Gasteiger partial charge on any atom is 0.320 e. The first-order chi connectivity index (χ1) is 7.44. The lowest BCUT2D eigenvalue weighted by Gasteiger charge is -2.11. The van der Waals surface area contributed by atoms with Crippen LogP contribution in [0.3, 0.4) is 0 Å². The van der Waals surface area contributed by atoms with Gasteiger partial charge in [0.25, 0.3) is 0 Å². The van der Waals surface area contributed by atoms with Crippen molar-refractivity contribution in [2.24, 2.45) is 0 Å². The number of carboxylic acids is 1. The molecule has 0 aromatic heterocycles. The van der Waals surface area contributed by atoms with Crippen LogP contribution in [0.5, 0.6) is 0 Å². The molecule has 1 heterocycles. The monoisotopic (exact) mass is 249 g/mol. The van der Waals surface area contributed by atoms with Crippen LogP contribution in [0, 0.1) is 0 Å². The summed E-state index contributed by atoms with van der Waals surface area (Å²) >= 11 is 0. The number of nitrogens with one attached hydrogen (secondary N) is 1. The van der Waals surface area contributed by atoms with Gasteiger partial charge in [0, 0.05) is 11.8 Å². The number of sulfone groups is 1. The maximum absolute atomic E-state index is 11.2. The minimum absolute atomic E-state index is 0.160. The molecule has 0 spiro atoms. The Hall–Kier alpha value is -0.620. The van der Waals surface area contributed by atoms with Crippen molar-refractivity contribution in [3.8, 4) is 0 Å². The molecule has 5 nitrogen and oxygen atoms in total. The first kappa shape index (κ1) is 13.4. The molecule has 0 aromatic carbocycles. The summed E-state index contributed by atoms with van der Waals surface area (Å²) in [6.07, 6.45) is 2.81. The Bertz CT molecular complexity index is 339. The number of rotatable bonds is 6. The molecular weight excluding hydrogens is 230 g/mol. The molecule has 1 saturated heterocycles. The molecule has 2 atom stereocenters. The van der Waals surface area contributed by atoms with Gasteiger partial charge < -0.3 is 10.4 Å². The van der Waals surface area contributed by atoms with Crippen LogP contribution in [-0.4, -0.2) is 43.1 Å². The molecule has 0 aromatic rings. The lowest BCUT2D eigenvalue weighted by molar-refractivity contribution is -0.139. The van der Waals surface area contributed by atoms with Crippen LogP contribution in [0.2, 0.25) is 0 Å². The summed E-state index contributed by atoms with van der Waals surface area (Å²) in [5.41, 5.74) is 0. The minimum Gasteiger partial charge on any atom is -0.480 e. The van der Waals surface area contributed by atoms with E-state index in [4.69, 9.17) is 5.11 Å². The van der Waals surface area contributed by atoms with Gasteiger partial charge >= 0.3 is 5.97 Å². The molecule has 0 amide bonds. The average Bonchev–Trinajstić information content (AvgIpc) is 2.66. The topological polar surface area (TPSA) is 83.5 Å². The van der Waals surface area contributed by atoms with E-state index < -0.39 is 21.8 Å². The van der Waals surface area contributed by atoms with E-state index in [0.29, 0.717) is 12.8 Å². The highest BCUT2D eigenvalue weighted by molar-refractivity contribution is 7.91. The minimum atomic E-state index is -2.89. The fourth-order valence-corrected chi connectivity index (χ4v) is 2.83. The van der Waals surface area contributed by atoms with Crippen LogP contribution in [-0.2, 0) is 14.6 Å². The highest BCUT2D eigenvalue weighted by Gasteiger charge is 2.28. The summed E-state index contributed by atoms with van der Waals surface area (Å²) in [6, 6.07) is -0.291. The second-order valence-corrected chi connectivity index (χ2v) is 6.68. The highest BCUT2D eigenvalue weighted by atomic mass is 32.2. The van der Waals surface area contributed by atoms with Gasteiger partial charge in [0.1, 0.15) is 15.9 Å². The highest BCUT2D eigenvalue weighted by Crippen LogP contribution is 2.16. The van der Waals surface area contributed by atoms with E-state index in [2.05, 4.69) is 5.32 Å². The first-order valence-corrected chi connectivity index (χ1v) is 7.46. The summed E-state index contributed by atoms with van der Waals surface area (Å²) in [5.74, 6) is -0.425. The fourth-order valence-electron chi connectivity index (χ4n) is 1.94. The van der Waals surface area contributed by atoms with E-state index in [1.807, 2.05) is 0 Å². The molecule has 2 N–H and O–H groups in total. The lowest BCUT2D eigenvalue weighted by Crippen LogP contribution is -2.35. The quantitative estimate of drug-likeness (QED) is 0.712. The Morgan fingerprint density at radius 2 is 2.12 bits per heavy atom. The summed E-state index contributed by atoms with van der Waals surface area (Å²) in [7, 11) is -2.89. The van der Waals surface area contributed by atoms with Crippen LogP contribution in [0.25, 0.3) is 0 Å². The van der Waals surface area contributed by atoms with Gasteiger partial charge in [-0.15, -0.1) is 0 Å². The van der Waals surface area contributed by atoms with Crippen molar-refractivity contribution in [2.75, 3.05) is 11.5 Å². The molecule has 0 aliphatic carbocycles. The summed E-state index contributed by atoms with van der Waals surface area (Å²) in [6.45, 7) is 1.64. The zero-order valence-electron chi connectivity index (χ0n) is 9.48. The normalized spacial score (nSPS) is 25.8. The third-order valence-electron chi connectivity index (χ3n) is 2.99. The van der Waals surface area contributed by atoms with Gasteiger partial charge in [0.2, 0.25) is 0 Å². The van der Waals surface area contributed by atoms with Gasteiger partial charge in [-0.1, -0.05) is 6.92 Å². The molecule has 1 aliphatic heterocycles. The summed E-state index contributed by atoms with van der Waals surface area (Å²) in [5, 5.41) is 11.8. The van der Waals surface area contributed by atoms with Gasteiger partial charge in [-0.05, 0) is 25.7 Å². The Morgan fingerprint density at radius 1 is 1.44 bits per heavy atom. The van der Waals surface area contributed by atoms with E-state index >= 15 is 0 Å². The van der Waals surface area contributed by atoms with Crippen LogP contribution >= 0.6 is 0 Å². The van der Waals surface area contributed by atoms with Crippen molar-refractivity contribution >= 4 is 15.8 Å². The van der Waals surface area contributed by atoms with Crippen LogP contribution in [0.1, 0.15) is 32.6 Å². The predicted octanol–water partition coefficient (Wildman–Crippen LogP) is 0.407. The predicted molar refractivity (Wildman–Crippen MR) is 61.1 cm³/mol. The largest absolute Gasteiger partial charge is 0.480 e. The second kappa shape index (κ2) is 5.63. The van der Waals surface area contributed by atoms with Gasteiger partial charge in [-0.3, -0.25) is 4.79 Å². The summed E-state index contributed by atoms with van der Waals surface area (Å²) < 4.78 is 22.5. The van der Waals surface area contributed by atoms with Crippen molar-refractivity contribution in [3.63, 3.8) is 0 Å². The van der Waals surface area contributed by atoms with Crippen molar-refractivity contribution in [1.29, 1.82) is 0 Å². The third-order valence-corrected chi connectivity index (χ3v) is 4.78. The lowest BCUT2D eigenvalue weighted by atomic mass is 10.1. The molecule has 0 saturated carbocycles. The molecule has 1 rings (SSSR count). The Labute approximate surface area is 96.1 Å². The van der Waals surface area contributed by atoms with Crippen LogP contribution in [0.15, 0.2) is 0 Å². The fraction of sp³-hybridized carbons (Fsp3) is 0.900. The van der Waals surface area contributed by atoms with Gasteiger partial charge in [-0.25, -0.2) is 8.42 Å². The SMILES string of the molecule is CCS(=O)(=O)CCCC1CCC(C(=O)O)N1. The Morgan fingerprint density at radius 3 is 2.62 bits per heavy atom. The first-order valence-electron chi connectivity index (χ1n) is 5.64. The number of hydrogen-bond donors (Lipinski definition) is 2. The summed E-state index contributed by atoms with van der Waals surface area (Å²) in [4.78, 5) is 10.7. The zero-order valence-corrected chi connectivity index (χ0v) is 10.3. The molecule has 6 heteroatoms. The van der Waals surface area contributed by atoms with E-state index in [1.54, 1.807) is 6.92 Å². The number of carboxylic acid groups (broad SMARTS) is 1. The number of carbonyl (C=O) groups is 1. The Kier molecular flexibility index (Phi) is 4.73. The molecule has 1 aliphatic rings. The molecule has 0 bridgehead atoms. The molecule has 16 heavy (non-hydrogen) atoms. The molecular formula is C10H19NO4S. The maximum atomic E-state index is 11.2. The standard InChI is InChI=1S/C10H19NO4S/c1-2-16(14,15)7-3-4-8-5-6-9(11-8)10(12)13/h8-9,11H,2-7H2,1H3,(H,12,13).